The van der Waals surface area contributed by atoms with Crippen LogP contribution >= 0.6 is 0 Å². The minimum absolute atomic E-state index is 0.0182. The summed E-state index contributed by atoms with van der Waals surface area (Å²) in [6, 6.07) is 15.1. The van der Waals surface area contributed by atoms with Gasteiger partial charge in [-0.3, -0.25) is 24.3 Å². The molecule has 0 saturated carbocycles. The fourth-order valence-electron chi connectivity index (χ4n) is 6.32. The molecular weight excluding hydrogens is 690 g/mol. The average molecular weight is 746 g/mol. The van der Waals surface area contributed by atoms with Gasteiger partial charge in [0.1, 0.15) is 19.3 Å². The molecule has 0 aliphatic carbocycles. The molecule has 0 saturated heterocycles. The number of aliphatic hydroxyl groups is 2. The van der Waals surface area contributed by atoms with E-state index in [9.17, 15) is 29.4 Å². The maximum Gasteiger partial charge on any atom is 0.408 e. The number of alkyl carbamates (subject to hydrolysis) is 1. The van der Waals surface area contributed by atoms with Crippen LogP contribution in [0.3, 0.4) is 0 Å². The highest BCUT2D eigenvalue weighted by Crippen LogP contribution is 2.33. The van der Waals surface area contributed by atoms with Gasteiger partial charge in [0.25, 0.3) is 0 Å². The molecule has 54 heavy (non-hydrogen) atoms. The van der Waals surface area contributed by atoms with E-state index in [1.165, 1.54) is 4.90 Å². The van der Waals surface area contributed by atoms with E-state index in [2.05, 4.69) is 20.9 Å². The number of pyridine rings is 1. The smallest absolute Gasteiger partial charge is 0.408 e. The summed E-state index contributed by atoms with van der Waals surface area (Å²) in [4.78, 5) is 61.5. The lowest BCUT2D eigenvalue weighted by Gasteiger charge is -2.30. The second-order valence-corrected chi connectivity index (χ2v) is 14.4. The van der Waals surface area contributed by atoms with Crippen molar-refractivity contribution in [3.8, 4) is 0 Å². The van der Waals surface area contributed by atoms with Crippen molar-refractivity contribution in [1.82, 2.24) is 25.8 Å². The molecule has 0 spiro atoms. The number of anilines is 1. The lowest BCUT2D eigenvalue weighted by Crippen LogP contribution is -2.54. The van der Waals surface area contributed by atoms with E-state index in [1.807, 2.05) is 93.3 Å². The molecule has 1 aliphatic heterocycles. The number of nitrogens with zero attached hydrogens (tertiary/aromatic N) is 3. The van der Waals surface area contributed by atoms with Gasteiger partial charge < -0.3 is 41.5 Å². The molecule has 6 atom stereocenters. The Kier molecular flexibility index (Phi) is 15.3. The van der Waals surface area contributed by atoms with E-state index in [4.69, 9.17) is 10.5 Å². The molecule has 3 aromatic rings. The number of benzene rings is 2. The summed E-state index contributed by atoms with van der Waals surface area (Å²) in [6.07, 6.45) is 1.86. The van der Waals surface area contributed by atoms with Crippen LogP contribution in [0.5, 0.6) is 0 Å². The number of hydrogen-bond donors (Lipinski definition) is 6. The monoisotopic (exact) mass is 745 g/mol. The van der Waals surface area contributed by atoms with Crippen molar-refractivity contribution in [2.24, 2.45) is 17.6 Å². The number of ether oxygens (including phenoxy) is 1. The molecule has 2 heterocycles. The summed E-state index contributed by atoms with van der Waals surface area (Å²) in [5.74, 6) is -1.38. The first-order valence-corrected chi connectivity index (χ1v) is 18.5. The molecule has 1 aliphatic rings. The largest absolute Gasteiger partial charge is 0.445 e. The first-order valence-electron chi connectivity index (χ1n) is 18.5. The Bertz CT molecular complexity index is 1750. The zero-order chi connectivity index (χ0) is 39.4. The van der Waals surface area contributed by atoms with Crippen LogP contribution in [0, 0.1) is 11.8 Å². The highest BCUT2D eigenvalue weighted by atomic mass is 16.5. The third-order valence-electron chi connectivity index (χ3n) is 9.55. The van der Waals surface area contributed by atoms with Crippen LogP contribution in [-0.4, -0.2) is 87.5 Å². The number of rotatable bonds is 18. The number of aliphatic hydroxyl groups excluding tert-OH is 2. The Hall–Kier alpha value is -5.05. The second kappa shape index (κ2) is 19.9. The predicted molar refractivity (Wildman–Crippen MR) is 206 cm³/mol. The molecule has 7 N–H and O–H groups in total. The van der Waals surface area contributed by atoms with E-state index >= 15 is 0 Å². The van der Waals surface area contributed by atoms with E-state index in [0.29, 0.717) is 12.1 Å². The fraction of sp³-hybridized carbons (Fsp3) is 0.475. The molecule has 14 nitrogen and oxygen atoms in total. The number of hydrogen-bond acceptors (Lipinski definition) is 10. The maximum absolute atomic E-state index is 14.3. The Morgan fingerprint density at radius 3 is 2.35 bits per heavy atom. The molecule has 2 aromatic carbocycles. The number of carbonyl (C=O) groups excluding carboxylic acids is 4. The summed E-state index contributed by atoms with van der Waals surface area (Å²) < 4.78 is 5.50. The zero-order valence-electron chi connectivity index (χ0n) is 31.8. The normalized spacial score (nSPS) is 16.2. The molecule has 1 aromatic heterocycles. The van der Waals surface area contributed by atoms with Crippen LogP contribution in [0.2, 0.25) is 0 Å². The highest BCUT2D eigenvalue weighted by molar-refractivity contribution is 5.94. The number of nitrogens with one attached hydrogen (secondary N) is 3. The Labute approximate surface area is 317 Å². The molecule has 4 amide bonds. The summed E-state index contributed by atoms with van der Waals surface area (Å²) in [5, 5.41) is 30.4. The number of aromatic nitrogens is 1. The topological polar surface area (TPSA) is 199 Å². The van der Waals surface area contributed by atoms with Crippen molar-refractivity contribution in [2.75, 3.05) is 18.2 Å². The van der Waals surface area contributed by atoms with Gasteiger partial charge in [-0.2, -0.15) is 0 Å². The molecule has 0 radical (unpaired) electrons. The van der Waals surface area contributed by atoms with Gasteiger partial charge in [0.15, 0.2) is 0 Å². The Morgan fingerprint density at radius 2 is 1.69 bits per heavy atom. The third-order valence-corrected chi connectivity index (χ3v) is 9.55. The van der Waals surface area contributed by atoms with E-state index in [0.717, 1.165) is 28.6 Å². The summed E-state index contributed by atoms with van der Waals surface area (Å²) in [6.45, 7) is 9.15. The van der Waals surface area contributed by atoms with Crippen molar-refractivity contribution in [2.45, 2.75) is 97.2 Å². The van der Waals surface area contributed by atoms with Gasteiger partial charge in [0.2, 0.25) is 17.7 Å². The Morgan fingerprint density at radius 1 is 0.944 bits per heavy atom. The van der Waals surface area contributed by atoms with E-state index in [-0.39, 0.29) is 50.5 Å². The van der Waals surface area contributed by atoms with Crippen molar-refractivity contribution in [3.05, 3.63) is 84.3 Å². The number of fused-ring (bicyclic) bond motifs is 1. The van der Waals surface area contributed by atoms with Gasteiger partial charge in [-0.1, -0.05) is 70.5 Å². The van der Waals surface area contributed by atoms with Crippen LogP contribution in [0.1, 0.15) is 65.9 Å². The van der Waals surface area contributed by atoms with Crippen LogP contribution in [0.4, 0.5) is 10.5 Å². The lowest BCUT2D eigenvalue weighted by atomic mass is 9.95. The molecule has 4 rings (SSSR count). The SMILES string of the molecule is CC[C@H](C)[C@@H](CO)NC(=O)C[C@H](O)[C@H](CC(C)C)NC(=O)[C@H](CC1=CN(C(=O)[C@H](C)N)CN1c1cccc2ncccc12)NC(=O)OCc1ccccc1. The van der Waals surface area contributed by atoms with Gasteiger partial charge in [0, 0.05) is 29.9 Å². The van der Waals surface area contributed by atoms with Crippen LogP contribution in [0.25, 0.3) is 10.9 Å². The van der Waals surface area contributed by atoms with Crippen molar-refractivity contribution >= 4 is 40.4 Å². The fourth-order valence-corrected chi connectivity index (χ4v) is 6.32. The minimum atomic E-state index is -1.28. The number of amides is 4. The quantitative estimate of drug-likeness (QED) is 0.112. The molecule has 292 valence electrons. The van der Waals surface area contributed by atoms with Crippen LogP contribution in [-0.2, 0) is 25.7 Å². The molecule has 0 unspecified atom stereocenters. The van der Waals surface area contributed by atoms with E-state index < -0.39 is 48.2 Å². The average Bonchev–Trinajstić information content (AvgIpc) is 3.58. The zero-order valence-corrected chi connectivity index (χ0v) is 31.8. The predicted octanol–water partition coefficient (Wildman–Crippen LogP) is 3.52. The second-order valence-electron chi connectivity index (χ2n) is 14.4. The lowest BCUT2D eigenvalue weighted by molar-refractivity contribution is -0.129. The van der Waals surface area contributed by atoms with Gasteiger partial charge in [-0.25, -0.2) is 4.79 Å². The van der Waals surface area contributed by atoms with Crippen molar-refractivity contribution < 1.29 is 34.1 Å². The third kappa shape index (κ3) is 11.5. The minimum Gasteiger partial charge on any atom is -0.445 e. The molecular formula is C40H55N7O7. The van der Waals surface area contributed by atoms with Gasteiger partial charge in [-0.15, -0.1) is 0 Å². The molecule has 0 fully saturated rings. The van der Waals surface area contributed by atoms with Crippen LogP contribution in [0.15, 0.2) is 78.8 Å². The van der Waals surface area contributed by atoms with E-state index in [1.54, 1.807) is 19.3 Å². The van der Waals surface area contributed by atoms with Crippen molar-refractivity contribution in [3.63, 3.8) is 0 Å². The first kappa shape index (κ1) is 41.7. The first-order chi connectivity index (χ1) is 25.8. The van der Waals surface area contributed by atoms with Crippen LogP contribution < -0.4 is 26.6 Å². The standard InChI is InChI=1S/C40H55N7O7/c1-6-26(4)34(22-48)43-37(50)20-36(49)32(18-25(2)3)44-38(51)33(45-40(53)54-23-28-12-8-7-9-13-28)19-29-21-46(39(52)27(5)41)24-47(29)35-16-10-15-31-30(35)14-11-17-42-31/h7-17,21,25-27,32-34,36,48-49H,6,18-20,22-24,41H2,1-5H3,(H,43,50)(H,44,51)(H,45,53)/t26-,27-,32-,33-,34+,36-/m0/s1. The summed E-state index contributed by atoms with van der Waals surface area (Å²) in [5.41, 5.74) is 8.74. The summed E-state index contributed by atoms with van der Waals surface area (Å²) >= 11 is 0. The number of nitrogens with two attached hydrogens (primary N) is 1. The van der Waals surface area contributed by atoms with Gasteiger partial charge >= 0.3 is 6.09 Å². The number of carbonyl (C=O) groups is 4. The van der Waals surface area contributed by atoms with Gasteiger partial charge in [0.05, 0.1) is 48.5 Å². The Balaban J connectivity index is 1.63. The van der Waals surface area contributed by atoms with Gasteiger partial charge in [-0.05, 0) is 55.0 Å². The maximum atomic E-state index is 14.3. The molecule has 14 heteroatoms. The summed E-state index contributed by atoms with van der Waals surface area (Å²) in [7, 11) is 0. The van der Waals surface area contributed by atoms with Crippen molar-refractivity contribution in [1.29, 1.82) is 0 Å². The highest BCUT2D eigenvalue weighted by Gasteiger charge is 2.35. The molecule has 0 bridgehead atoms.